The Morgan fingerprint density at radius 3 is 2.88 bits per heavy atom. The van der Waals surface area contributed by atoms with Crippen molar-refractivity contribution in [2.24, 2.45) is 5.92 Å². The highest BCUT2D eigenvalue weighted by Gasteiger charge is 2.14. The van der Waals surface area contributed by atoms with Crippen LogP contribution in [0.25, 0.3) is 0 Å². The normalized spacial score (nSPS) is 16.6. The predicted molar refractivity (Wildman–Crippen MR) is 69.2 cm³/mol. The number of halogens is 1. The lowest BCUT2D eigenvalue weighted by molar-refractivity contribution is 0.518. The van der Waals surface area contributed by atoms with Gasteiger partial charge >= 0.3 is 0 Å². The second kappa shape index (κ2) is 5.48. The highest BCUT2D eigenvalue weighted by Crippen LogP contribution is 2.28. The van der Waals surface area contributed by atoms with Crippen LogP contribution >= 0.6 is 15.9 Å². The second-order valence-corrected chi connectivity index (χ2v) is 5.08. The van der Waals surface area contributed by atoms with Gasteiger partial charge in [-0.25, -0.2) is 9.97 Å². The van der Waals surface area contributed by atoms with Crippen molar-refractivity contribution < 1.29 is 0 Å². The third-order valence-corrected chi connectivity index (χ3v) is 3.92. The molecule has 16 heavy (non-hydrogen) atoms. The van der Waals surface area contributed by atoms with Gasteiger partial charge < -0.3 is 11.1 Å². The molecule has 0 aromatic carbocycles. The number of nitrogens with zero attached hydrogens (tertiary/aromatic N) is 2. The third kappa shape index (κ3) is 2.84. The fourth-order valence-electron chi connectivity index (χ4n) is 2.20. The predicted octanol–water partition coefficient (Wildman–Crippen LogP) is 2.81. The van der Waals surface area contributed by atoms with E-state index < -0.39 is 0 Å². The first kappa shape index (κ1) is 11.6. The van der Waals surface area contributed by atoms with E-state index in [2.05, 4.69) is 31.2 Å². The summed E-state index contributed by atoms with van der Waals surface area (Å²) in [6.45, 7) is 0.958. The smallest absolute Gasteiger partial charge is 0.145 e. The fraction of sp³-hybridized carbons (Fsp3) is 0.636. The van der Waals surface area contributed by atoms with Gasteiger partial charge in [-0.3, -0.25) is 0 Å². The molecule has 1 aromatic heterocycles. The molecule has 1 fully saturated rings. The average Bonchev–Trinajstić information content (AvgIpc) is 2.77. The Morgan fingerprint density at radius 2 is 2.12 bits per heavy atom. The molecular formula is C11H17BrN4. The number of aromatic nitrogens is 2. The molecule has 88 valence electrons. The van der Waals surface area contributed by atoms with Crippen LogP contribution < -0.4 is 11.1 Å². The van der Waals surface area contributed by atoms with Crippen molar-refractivity contribution in [3.63, 3.8) is 0 Å². The van der Waals surface area contributed by atoms with E-state index in [1.54, 1.807) is 0 Å². The molecule has 3 N–H and O–H groups in total. The Hall–Kier alpha value is -0.840. The molecule has 0 radical (unpaired) electrons. The lowest BCUT2D eigenvalue weighted by Gasteiger charge is -2.11. The maximum absolute atomic E-state index is 5.68. The number of nitrogen functional groups attached to an aromatic ring is 1. The monoisotopic (exact) mass is 284 g/mol. The van der Waals surface area contributed by atoms with Crippen LogP contribution in [0.15, 0.2) is 10.8 Å². The van der Waals surface area contributed by atoms with Crippen LogP contribution in [0.2, 0.25) is 0 Å². The van der Waals surface area contributed by atoms with Gasteiger partial charge in [0.1, 0.15) is 22.4 Å². The van der Waals surface area contributed by atoms with Gasteiger partial charge in [-0.1, -0.05) is 25.7 Å². The Balaban J connectivity index is 1.82. The molecule has 0 spiro atoms. The Morgan fingerprint density at radius 1 is 1.38 bits per heavy atom. The summed E-state index contributed by atoms with van der Waals surface area (Å²) in [6.07, 6.45) is 8.27. The zero-order valence-electron chi connectivity index (χ0n) is 9.25. The molecule has 1 saturated carbocycles. The second-order valence-electron chi connectivity index (χ2n) is 4.29. The molecule has 5 heteroatoms. The van der Waals surface area contributed by atoms with E-state index in [0.717, 1.165) is 22.8 Å². The number of nitrogens with one attached hydrogen (secondary N) is 1. The van der Waals surface area contributed by atoms with E-state index in [1.807, 2.05) is 0 Å². The minimum atomic E-state index is 0.485. The highest BCUT2D eigenvalue weighted by molar-refractivity contribution is 9.10. The van der Waals surface area contributed by atoms with E-state index in [1.165, 1.54) is 38.4 Å². The SMILES string of the molecule is Nc1ncnc(NCCC2CCCC2)c1Br. The molecule has 4 nitrogen and oxygen atoms in total. The lowest BCUT2D eigenvalue weighted by Crippen LogP contribution is -2.09. The van der Waals surface area contributed by atoms with Gasteiger partial charge in [0.15, 0.2) is 0 Å². The van der Waals surface area contributed by atoms with Crippen LogP contribution in [0.1, 0.15) is 32.1 Å². The summed E-state index contributed by atoms with van der Waals surface area (Å²) in [4.78, 5) is 8.06. The van der Waals surface area contributed by atoms with E-state index in [4.69, 9.17) is 5.73 Å². The summed E-state index contributed by atoms with van der Waals surface area (Å²) in [6, 6.07) is 0. The summed E-state index contributed by atoms with van der Waals surface area (Å²) in [5.74, 6) is 2.18. The van der Waals surface area contributed by atoms with Gasteiger partial charge in [-0.15, -0.1) is 0 Å². The standard InChI is InChI=1S/C11H17BrN4/c12-9-10(13)15-7-16-11(9)14-6-5-8-3-1-2-4-8/h7-8H,1-6H2,(H3,13,14,15,16). The van der Waals surface area contributed by atoms with E-state index >= 15 is 0 Å². The highest BCUT2D eigenvalue weighted by atomic mass is 79.9. The van der Waals surface area contributed by atoms with Gasteiger partial charge in [-0.05, 0) is 28.3 Å². The molecule has 1 aliphatic rings. The largest absolute Gasteiger partial charge is 0.383 e. The van der Waals surface area contributed by atoms with Gasteiger partial charge in [0.25, 0.3) is 0 Å². The Labute approximate surface area is 104 Å². The summed E-state index contributed by atoms with van der Waals surface area (Å²) >= 11 is 3.38. The first-order chi connectivity index (χ1) is 7.77. The number of rotatable bonds is 4. The molecule has 1 aliphatic carbocycles. The van der Waals surface area contributed by atoms with Crippen molar-refractivity contribution in [3.8, 4) is 0 Å². The minimum absolute atomic E-state index is 0.485. The van der Waals surface area contributed by atoms with E-state index in [0.29, 0.717) is 5.82 Å². The first-order valence-electron chi connectivity index (χ1n) is 5.77. The van der Waals surface area contributed by atoms with Crippen molar-refractivity contribution in [1.29, 1.82) is 0 Å². The van der Waals surface area contributed by atoms with Crippen molar-refractivity contribution in [1.82, 2.24) is 9.97 Å². The summed E-state index contributed by atoms with van der Waals surface area (Å²) < 4.78 is 0.765. The van der Waals surface area contributed by atoms with Crippen LogP contribution in [-0.2, 0) is 0 Å². The zero-order valence-corrected chi connectivity index (χ0v) is 10.8. The summed E-state index contributed by atoms with van der Waals surface area (Å²) in [5, 5.41) is 3.30. The molecule has 0 unspecified atom stereocenters. The summed E-state index contributed by atoms with van der Waals surface area (Å²) in [7, 11) is 0. The average molecular weight is 285 g/mol. The maximum atomic E-state index is 5.68. The van der Waals surface area contributed by atoms with Crippen LogP contribution in [0.3, 0.4) is 0 Å². The maximum Gasteiger partial charge on any atom is 0.145 e. The molecule has 0 saturated heterocycles. The molecular weight excluding hydrogens is 268 g/mol. The molecule has 0 aliphatic heterocycles. The van der Waals surface area contributed by atoms with Gasteiger partial charge in [0.05, 0.1) is 0 Å². The number of hydrogen-bond donors (Lipinski definition) is 2. The van der Waals surface area contributed by atoms with Gasteiger partial charge in [0, 0.05) is 6.54 Å². The van der Waals surface area contributed by atoms with Crippen molar-refractivity contribution in [2.75, 3.05) is 17.6 Å². The first-order valence-corrected chi connectivity index (χ1v) is 6.56. The molecule has 2 rings (SSSR count). The van der Waals surface area contributed by atoms with Crippen molar-refractivity contribution in [3.05, 3.63) is 10.8 Å². The number of nitrogens with two attached hydrogens (primary N) is 1. The molecule has 0 atom stereocenters. The van der Waals surface area contributed by atoms with Crippen LogP contribution in [-0.4, -0.2) is 16.5 Å². The van der Waals surface area contributed by atoms with Crippen molar-refractivity contribution >= 4 is 27.6 Å². The molecule has 0 amide bonds. The van der Waals surface area contributed by atoms with Gasteiger partial charge in [0.2, 0.25) is 0 Å². The number of anilines is 2. The van der Waals surface area contributed by atoms with E-state index in [-0.39, 0.29) is 0 Å². The van der Waals surface area contributed by atoms with E-state index in [9.17, 15) is 0 Å². The quantitative estimate of drug-likeness (QED) is 0.893. The lowest BCUT2D eigenvalue weighted by atomic mass is 10.0. The van der Waals surface area contributed by atoms with Gasteiger partial charge in [-0.2, -0.15) is 0 Å². The van der Waals surface area contributed by atoms with Crippen LogP contribution in [0.5, 0.6) is 0 Å². The Kier molecular flexibility index (Phi) is 3.98. The summed E-state index contributed by atoms with van der Waals surface area (Å²) in [5.41, 5.74) is 5.68. The fourth-order valence-corrected chi connectivity index (χ4v) is 2.55. The van der Waals surface area contributed by atoms with Crippen LogP contribution in [0, 0.1) is 5.92 Å². The number of hydrogen-bond acceptors (Lipinski definition) is 4. The minimum Gasteiger partial charge on any atom is -0.383 e. The molecule has 1 heterocycles. The molecule has 1 aromatic rings. The topological polar surface area (TPSA) is 63.8 Å². The third-order valence-electron chi connectivity index (χ3n) is 3.14. The van der Waals surface area contributed by atoms with Crippen LogP contribution in [0.4, 0.5) is 11.6 Å². The van der Waals surface area contributed by atoms with Crippen molar-refractivity contribution in [2.45, 2.75) is 32.1 Å². The molecule has 0 bridgehead atoms. The Bertz CT molecular complexity index is 350. The zero-order chi connectivity index (χ0) is 11.4.